The number of aryl methyl sites for hydroxylation is 2. The van der Waals surface area contributed by atoms with E-state index in [1.807, 2.05) is 42.5 Å². The third-order valence-electron chi connectivity index (χ3n) is 5.11. The van der Waals surface area contributed by atoms with Crippen molar-refractivity contribution < 1.29 is 9.52 Å². The highest BCUT2D eigenvalue weighted by Crippen LogP contribution is 2.26. The monoisotopic (exact) mass is 443 g/mol. The van der Waals surface area contributed by atoms with Gasteiger partial charge in [0.1, 0.15) is 10.6 Å². The van der Waals surface area contributed by atoms with E-state index in [0.29, 0.717) is 10.7 Å². The van der Waals surface area contributed by atoms with Crippen molar-refractivity contribution in [2.75, 3.05) is 0 Å². The van der Waals surface area contributed by atoms with Crippen molar-refractivity contribution in [3.63, 3.8) is 0 Å². The Hall–Kier alpha value is -3.42. The van der Waals surface area contributed by atoms with Gasteiger partial charge in [0.05, 0.1) is 16.7 Å². The molecule has 3 heterocycles. The summed E-state index contributed by atoms with van der Waals surface area (Å²) in [6, 6.07) is 18.0. The van der Waals surface area contributed by atoms with Crippen molar-refractivity contribution in [2.45, 2.75) is 13.8 Å². The average Bonchev–Trinajstić information content (AvgIpc) is 3.32. The highest BCUT2D eigenvalue weighted by atomic mass is 32.1. The first-order valence-electron chi connectivity index (χ1n) is 9.63. The summed E-state index contributed by atoms with van der Waals surface area (Å²) in [6.45, 7) is 4.20. The molecule has 152 valence electrons. The molecule has 0 fully saturated rings. The molecule has 0 spiro atoms. The summed E-state index contributed by atoms with van der Waals surface area (Å²) >= 11 is 6.19. The quantitative estimate of drug-likeness (QED) is 0.453. The summed E-state index contributed by atoms with van der Waals surface area (Å²) in [5, 5.41) is 11.5. The van der Waals surface area contributed by atoms with Gasteiger partial charge in [-0.1, -0.05) is 35.6 Å². The molecule has 0 bridgehead atoms. The number of benzene rings is 2. The molecule has 0 saturated carbocycles. The summed E-state index contributed by atoms with van der Waals surface area (Å²) in [5.41, 5.74) is 5.93. The minimum Gasteiger partial charge on any atom is -0.480 e. The minimum absolute atomic E-state index is 0.170. The van der Waals surface area contributed by atoms with Crippen LogP contribution in [0.15, 0.2) is 69.0 Å². The van der Waals surface area contributed by atoms with Crippen molar-refractivity contribution in [3.8, 4) is 17.2 Å². The Labute approximate surface area is 187 Å². The van der Waals surface area contributed by atoms with Gasteiger partial charge in [-0.25, -0.2) is 15.0 Å². The van der Waals surface area contributed by atoms with E-state index in [4.69, 9.17) is 21.6 Å². The number of rotatable bonds is 3. The topological polar surface area (TPSA) is 71.0 Å². The molecule has 7 heteroatoms. The van der Waals surface area contributed by atoms with Crippen molar-refractivity contribution in [1.82, 2.24) is 4.98 Å². The molecule has 2 aromatic carbocycles. The van der Waals surface area contributed by atoms with Crippen LogP contribution in [-0.2, 0) is 0 Å². The normalized spacial score (nSPS) is 13.1. The maximum absolute atomic E-state index is 9.82. The largest absolute Gasteiger partial charge is 0.480 e. The van der Waals surface area contributed by atoms with Crippen molar-refractivity contribution in [1.29, 1.82) is 0 Å². The Bertz CT molecular complexity index is 1550. The van der Waals surface area contributed by atoms with Gasteiger partial charge in [-0.2, -0.15) is 0 Å². The number of aromatic hydroxyl groups is 1. The molecule has 0 atom stereocenters. The first-order valence-corrected chi connectivity index (χ1v) is 10.9. The molecule has 0 saturated heterocycles. The van der Waals surface area contributed by atoms with Crippen LogP contribution in [-0.4, -0.2) is 15.9 Å². The second kappa shape index (κ2) is 7.68. The second-order valence-corrected chi connectivity index (χ2v) is 8.91. The zero-order valence-electron chi connectivity index (χ0n) is 16.8. The van der Waals surface area contributed by atoms with E-state index in [2.05, 4.69) is 42.0 Å². The predicted molar refractivity (Wildman–Crippen MR) is 125 cm³/mol. The van der Waals surface area contributed by atoms with Crippen LogP contribution in [0.1, 0.15) is 21.7 Å². The van der Waals surface area contributed by atoms with E-state index < -0.39 is 0 Å². The van der Waals surface area contributed by atoms with Crippen LogP contribution in [0.4, 0.5) is 5.69 Å². The SMILES string of the molecule is Cc1ccc(-c2cccc(C3=Nc4c/c(=C/c5sc(=S)oc5O)ccc4=N3)n2)cc1C. The Morgan fingerprint density at radius 1 is 0.968 bits per heavy atom. The lowest BCUT2D eigenvalue weighted by Crippen LogP contribution is -2.07. The number of aromatic nitrogens is 1. The Balaban J connectivity index is 1.51. The summed E-state index contributed by atoms with van der Waals surface area (Å²) in [5.74, 6) is 0.413. The molecule has 4 aromatic rings. The predicted octanol–water partition coefficient (Wildman–Crippen LogP) is 5.00. The first-order chi connectivity index (χ1) is 15.0. The van der Waals surface area contributed by atoms with Crippen LogP contribution in [0, 0.1) is 17.9 Å². The summed E-state index contributed by atoms with van der Waals surface area (Å²) < 4.78 is 5.31. The van der Waals surface area contributed by atoms with E-state index in [1.165, 1.54) is 22.5 Å². The molecule has 0 radical (unpaired) electrons. The van der Waals surface area contributed by atoms with Crippen molar-refractivity contribution in [2.24, 2.45) is 9.98 Å². The highest BCUT2D eigenvalue weighted by Gasteiger charge is 2.13. The molecule has 1 aliphatic heterocycles. The van der Waals surface area contributed by atoms with Gasteiger partial charge in [0.25, 0.3) is 4.02 Å². The van der Waals surface area contributed by atoms with Gasteiger partial charge in [0, 0.05) is 5.56 Å². The maximum Gasteiger partial charge on any atom is 0.301 e. The number of hydrogen-bond acceptors (Lipinski definition) is 7. The van der Waals surface area contributed by atoms with Gasteiger partial charge >= 0.3 is 5.95 Å². The fourth-order valence-electron chi connectivity index (χ4n) is 3.33. The first kappa shape index (κ1) is 19.5. The molecular weight excluding hydrogens is 426 g/mol. The number of fused-ring (bicyclic) bond motifs is 1. The van der Waals surface area contributed by atoms with Gasteiger partial charge < -0.3 is 9.52 Å². The summed E-state index contributed by atoms with van der Waals surface area (Å²) in [4.78, 5) is 14.7. The number of pyridine rings is 1. The van der Waals surface area contributed by atoms with Crippen LogP contribution in [0.3, 0.4) is 0 Å². The second-order valence-electron chi connectivity index (χ2n) is 7.27. The third-order valence-corrected chi connectivity index (χ3v) is 6.21. The van der Waals surface area contributed by atoms with Crippen molar-refractivity contribution in [3.05, 3.63) is 90.9 Å². The van der Waals surface area contributed by atoms with E-state index in [-0.39, 0.29) is 9.97 Å². The lowest BCUT2D eigenvalue weighted by atomic mass is 10.0. The van der Waals surface area contributed by atoms with Gasteiger partial charge in [-0.05, 0) is 78.8 Å². The summed E-state index contributed by atoms with van der Waals surface area (Å²) in [6.07, 6.45) is 1.81. The fourth-order valence-corrected chi connectivity index (χ4v) is 4.30. The van der Waals surface area contributed by atoms with Gasteiger partial charge in [0.2, 0.25) is 0 Å². The van der Waals surface area contributed by atoms with Crippen LogP contribution >= 0.6 is 23.6 Å². The van der Waals surface area contributed by atoms with Gasteiger partial charge in [0.15, 0.2) is 5.84 Å². The molecule has 1 N–H and O–H groups in total. The number of aliphatic imine (C=N–C) groups is 1. The maximum atomic E-state index is 9.82. The standard InChI is InChI=1S/C24H17N3O2S2/c1-13-6-8-16(10-14(13)2)17-4-3-5-19(25-17)22-26-18-9-7-15(11-20(18)27-22)12-21-23(28)29-24(30)31-21/h3-12,28H,1-2H3/b15-12+. The fraction of sp³-hybridized carbons (Fsp3) is 0.0833. The zero-order chi connectivity index (χ0) is 21.5. The molecule has 5 nitrogen and oxygen atoms in total. The van der Waals surface area contributed by atoms with Crippen LogP contribution in [0.2, 0.25) is 0 Å². The smallest absolute Gasteiger partial charge is 0.301 e. The number of hydrogen-bond donors (Lipinski definition) is 1. The van der Waals surface area contributed by atoms with E-state index in [9.17, 15) is 5.11 Å². The Kier molecular flexibility index (Phi) is 4.84. The molecule has 0 aliphatic carbocycles. The van der Waals surface area contributed by atoms with Crippen LogP contribution in [0.5, 0.6) is 5.95 Å². The summed E-state index contributed by atoms with van der Waals surface area (Å²) in [7, 11) is 0. The molecule has 1 aliphatic rings. The minimum atomic E-state index is -0.170. The Morgan fingerprint density at radius 2 is 1.81 bits per heavy atom. The lowest BCUT2D eigenvalue weighted by molar-refractivity contribution is 0.327. The molecule has 5 rings (SSSR count). The number of nitrogens with zero attached hydrogens (tertiary/aromatic N) is 3. The molecule has 2 aromatic heterocycles. The molecule has 31 heavy (non-hydrogen) atoms. The third kappa shape index (κ3) is 3.85. The molecular formula is C24H17N3O2S2. The zero-order valence-corrected chi connectivity index (χ0v) is 18.4. The number of amidine groups is 1. The van der Waals surface area contributed by atoms with Gasteiger partial charge in [-0.3, -0.25) is 0 Å². The van der Waals surface area contributed by atoms with Crippen molar-refractivity contribution >= 4 is 41.2 Å². The highest BCUT2D eigenvalue weighted by molar-refractivity contribution is 7.73. The lowest BCUT2D eigenvalue weighted by Gasteiger charge is -2.06. The van der Waals surface area contributed by atoms with E-state index in [1.54, 1.807) is 0 Å². The Morgan fingerprint density at radius 3 is 2.58 bits per heavy atom. The van der Waals surface area contributed by atoms with E-state index >= 15 is 0 Å². The van der Waals surface area contributed by atoms with Crippen LogP contribution < -0.4 is 10.6 Å². The van der Waals surface area contributed by atoms with E-state index in [0.717, 1.165) is 33.2 Å². The van der Waals surface area contributed by atoms with Gasteiger partial charge in [-0.15, -0.1) is 0 Å². The molecule has 0 unspecified atom stereocenters. The average molecular weight is 444 g/mol. The van der Waals surface area contributed by atoms with Crippen LogP contribution in [0.25, 0.3) is 17.3 Å². The molecule has 0 amide bonds.